The topological polar surface area (TPSA) is 0 Å². The third kappa shape index (κ3) is 11.9. The van der Waals surface area contributed by atoms with E-state index >= 15 is 0 Å². The van der Waals surface area contributed by atoms with Crippen LogP contribution in [-0.4, -0.2) is 11.5 Å². The van der Waals surface area contributed by atoms with Gasteiger partial charge >= 0.3 is 64.9 Å². The van der Waals surface area contributed by atoms with E-state index in [0.717, 1.165) is 0 Å². The predicted molar refractivity (Wildman–Crippen MR) is 64.0 cm³/mol. The van der Waals surface area contributed by atoms with E-state index in [0.29, 0.717) is 0 Å². The molecule has 0 saturated carbocycles. The van der Waals surface area contributed by atoms with Crippen molar-refractivity contribution in [3.8, 4) is 0 Å². The molecule has 1 heterocycles. The zero-order valence-corrected chi connectivity index (χ0v) is 12.8. The molecule has 0 unspecified atom stereocenters. The summed E-state index contributed by atoms with van der Waals surface area (Å²) in [7, 11) is 0. The van der Waals surface area contributed by atoms with E-state index in [9.17, 15) is 0 Å². The summed E-state index contributed by atoms with van der Waals surface area (Å²) in [6, 6.07) is 0. The number of thioether (sulfide) groups is 1. The third-order valence-electron chi connectivity index (χ3n) is 0.577. The molecule has 0 N–H and O–H groups in total. The van der Waals surface area contributed by atoms with Gasteiger partial charge in [0.25, 0.3) is 0 Å². The van der Waals surface area contributed by atoms with E-state index in [2.05, 4.69) is 59.9 Å². The van der Waals surface area contributed by atoms with Crippen LogP contribution in [0.2, 0.25) is 0 Å². The molecule has 0 aromatic heterocycles. The Balaban J connectivity index is 0.000000122. The molecular formula is C3H6I3SV. The van der Waals surface area contributed by atoms with Gasteiger partial charge in [0.15, 0.2) is 0 Å². The molecule has 0 aromatic rings. The second-order valence-corrected chi connectivity index (χ2v) is 37.8. The maximum absolute atomic E-state index is 2.46. The molecule has 1 saturated heterocycles. The zero-order chi connectivity index (χ0) is 6.41. The van der Waals surface area contributed by atoms with Crippen molar-refractivity contribution in [3.63, 3.8) is 0 Å². The van der Waals surface area contributed by atoms with Crippen molar-refractivity contribution in [2.75, 3.05) is 11.5 Å². The van der Waals surface area contributed by atoms with Gasteiger partial charge in [-0.15, -0.1) is 0 Å². The van der Waals surface area contributed by atoms with Gasteiger partial charge in [-0.2, -0.15) is 11.8 Å². The van der Waals surface area contributed by atoms with E-state index in [4.69, 9.17) is 0 Å². The van der Waals surface area contributed by atoms with Crippen LogP contribution in [0.4, 0.5) is 0 Å². The van der Waals surface area contributed by atoms with Crippen LogP contribution in [0.15, 0.2) is 0 Å². The summed E-state index contributed by atoms with van der Waals surface area (Å²) in [5.41, 5.74) is 0. The van der Waals surface area contributed by atoms with Gasteiger partial charge in [0.2, 0.25) is 0 Å². The Bertz CT molecular complexity index is 41.0. The van der Waals surface area contributed by atoms with Crippen LogP contribution in [0.5, 0.6) is 0 Å². The summed E-state index contributed by atoms with van der Waals surface area (Å²) in [5.74, 6) is 2.83. The van der Waals surface area contributed by atoms with Crippen molar-refractivity contribution in [1.29, 1.82) is 0 Å². The Morgan fingerprint density at radius 1 is 1.12 bits per heavy atom. The molecule has 0 aromatic carbocycles. The zero-order valence-electron chi connectivity index (χ0n) is 4.11. The summed E-state index contributed by atoms with van der Waals surface area (Å²) in [6.45, 7) is 0. The Hall–Kier alpha value is 3.12. The van der Waals surface area contributed by atoms with Gasteiger partial charge in [-0.05, 0) is 17.9 Å². The van der Waals surface area contributed by atoms with Crippen molar-refractivity contribution in [2.24, 2.45) is 0 Å². The molecule has 1 fully saturated rings. The van der Waals surface area contributed by atoms with Crippen LogP contribution in [0.3, 0.4) is 0 Å². The molecular weight excluding hydrogens is 500 g/mol. The van der Waals surface area contributed by atoms with Gasteiger partial charge < -0.3 is 0 Å². The summed E-state index contributed by atoms with van der Waals surface area (Å²) in [5, 5.41) is 0. The number of hydrogen-bond donors (Lipinski definition) is 0. The second-order valence-electron chi connectivity index (χ2n) is 1.16. The Morgan fingerprint density at radius 3 is 1.25 bits per heavy atom. The number of halogens is 3. The summed E-state index contributed by atoms with van der Waals surface area (Å²) < 4.78 is 0. The molecule has 1 aliphatic rings. The third-order valence-corrected chi connectivity index (χ3v) is 1.73. The second kappa shape index (κ2) is 8.22. The standard InChI is InChI=1S/C3H6S.3HI.V/c1-2-4-3-1;;;;/h1-3H2;3*1H;/q;;;;+3/p-3. The Morgan fingerprint density at radius 2 is 1.25 bits per heavy atom. The normalized spacial score (nSPS) is 16.5. The van der Waals surface area contributed by atoms with Gasteiger partial charge in [0.05, 0.1) is 0 Å². The van der Waals surface area contributed by atoms with Crippen molar-refractivity contribution >= 4 is 71.7 Å². The van der Waals surface area contributed by atoms with Crippen molar-refractivity contribution in [3.05, 3.63) is 0 Å². The van der Waals surface area contributed by atoms with E-state index in [1.54, 1.807) is 0 Å². The molecule has 1 aliphatic heterocycles. The van der Waals surface area contributed by atoms with Crippen molar-refractivity contribution in [2.45, 2.75) is 6.42 Å². The number of hydrogen-bond acceptors (Lipinski definition) is 1. The first-order chi connectivity index (χ1) is 3.73. The van der Waals surface area contributed by atoms with Crippen LogP contribution < -0.4 is 0 Å². The average Bonchev–Trinajstić information content (AvgIpc) is 1.19. The first kappa shape index (κ1) is 11.1. The van der Waals surface area contributed by atoms with Gasteiger partial charge in [0.1, 0.15) is 0 Å². The summed E-state index contributed by atoms with van der Waals surface area (Å²) in [6.07, 6.45) is 1.46. The average molecular weight is 506 g/mol. The van der Waals surface area contributed by atoms with Crippen molar-refractivity contribution in [1.82, 2.24) is 0 Å². The molecule has 5 heteroatoms. The van der Waals surface area contributed by atoms with Crippen molar-refractivity contribution < 1.29 is 4.92 Å². The molecule has 8 heavy (non-hydrogen) atoms. The van der Waals surface area contributed by atoms with E-state index in [1.165, 1.54) is 17.9 Å². The molecule has 0 aliphatic carbocycles. The van der Waals surface area contributed by atoms with Gasteiger partial charge in [-0.25, -0.2) is 0 Å². The minimum absolute atomic E-state index is 0.278. The number of rotatable bonds is 0. The molecule has 1 rings (SSSR count). The SMILES string of the molecule is C1CSC1.[I][V]([I])[I]. The monoisotopic (exact) mass is 506 g/mol. The van der Waals surface area contributed by atoms with Crippen LogP contribution in [0.1, 0.15) is 6.42 Å². The molecule has 0 amide bonds. The predicted octanol–water partition coefficient (Wildman–Crippen LogP) is 3.78. The van der Waals surface area contributed by atoms with Crippen LogP contribution in [0.25, 0.3) is 0 Å². The maximum atomic E-state index is 2.46. The quantitative estimate of drug-likeness (QED) is 0.452. The fraction of sp³-hybridized carbons (Fsp3) is 1.00. The minimum atomic E-state index is -0.278. The van der Waals surface area contributed by atoms with E-state index in [1.807, 2.05) is 11.8 Å². The fourth-order valence-electron chi connectivity index (χ4n) is 0.144. The molecule has 50 valence electrons. The van der Waals surface area contributed by atoms with Crippen LogP contribution in [-0.2, 0) is 4.92 Å². The first-order valence-corrected chi connectivity index (χ1v) is 16.8. The molecule has 0 radical (unpaired) electrons. The van der Waals surface area contributed by atoms with Gasteiger partial charge in [-0.3, -0.25) is 0 Å². The Kier molecular flexibility index (Phi) is 11.4. The van der Waals surface area contributed by atoms with Crippen LogP contribution in [0, 0.1) is 0 Å². The molecule has 0 bridgehead atoms. The fourth-order valence-corrected chi connectivity index (χ4v) is 0.433. The first-order valence-electron chi connectivity index (χ1n) is 2.08. The van der Waals surface area contributed by atoms with Gasteiger partial charge in [-0.1, -0.05) is 0 Å². The molecule has 0 nitrogen and oxygen atoms in total. The van der Waals surface area contributed by atoms with Gasteiger partial charge in [0, 0.05) is 0 Å². The summed E-state index contributed by atoms with van der Waals surface area (Å²) >= 11 is 9.42. The van der Waals surface area contributed by atoms with Crippen LogP contribution >= 0.6 is 71.7 Å². The molecule has 0 spiro atoms. The van der Waals surface area contributed by atoms with E-state index < -0.39 is 0 Å². The Labute approximate surface area is 92.4 Å². The molecule has 0 atom stereocenters. The summed E-state index contributed by atoms with van der Waals surface area (Å²) in [4.78, 5) is -0.278. The van der Waals surface area contributed by atoms with E-state index in [-0.39, 0.29) is 4.92 Å².